The van der Waals surface area contributed by atoms with E-state index in [9.17, 15) is 14.7 Å². The number of carbonyl (C=O) groups is 2. The molecule has 1 aromatic rings. The molecule has 5 nitrogen and oxygen atoms in total. The number of benzene rings is 1. The van der Waals surface area contributed by atoms with Crippen molar-refractivity contribution in [2.45, 2.75) is 44.9 Å². The van der Waals surface area contributed by atoms with Crippen LogP contribution >= 0.6 is 0 Å². The van der Waals surface area contributed by atoms with Crippen LogP contribution < -0.4 is 0 Å². The second-order valence-electron chi connectivity index (χ2n) is 6.07. The molecule has 1 saturated heterocycles. The maximum Gasteiger partial charge on any atom is 0.418 e. The van der Waals surface area contributed by atoms with E-state index in [1.807, 2.05) is 6.07 Å². The number of hydrogen-bond acceptors (Lipinski definition) is 4. The monoisotopic (exact) mass is 277 g/mol. The van der Waals surface area contributed by atoms with Crippen LogP contribution in [0.15, 0.2) is 30.3 Å². The summed E-state index contributed by atoms with van der Waals surface area (Å²) in [6.45, 7) is 6.83. The molecule has 20 heavy (non-hydrogen) atoms. The summed E-state index contributed by atoms with van der Waals surface area (Å²) in [6.07, 6.45) is -1.98. The van der Waals surface area contributed by atoms with Gasteiger partial charge in [-0.25, -0.2) is 9.69 Å². The quantitative estimate of drug-likeness (QED) is 0.798. The van der Waals surface area contributed by atoms with E-state index in [0.29, 0.717) is 5.56 Å². The summed E-state index contributed by atoms with van der Waals surface area (Å²) >= 11 is 0. The van der Waals surface area contributed by atoms with E-state index in [4.69, 9.17) is 4.74 Å². The average molecular weight is 277 g/mol. The van der Waals surface area contributed by atoms with Crippen LogP contribution in [0.3, 0.4) is 0 Å². The Hall–Kier alpha value is -1.88. The molecule has 1 aliphatic heterocycles. The maximum absolute atomic E-state index is 12.2. The molecular formula is C15H19NO4. The van der Waals surface area contributed by atoms with Crippen LogP contribution in [0, 0.1) is 0 Å². The van der Waals surface area contributed by atoms with Crippen LogP contribution in [-0.2, 0) is 15.1 Å². The van der Waals surface area contributed by atoms with E-state index in [0.717, 1.165) is 4.90 Å². The minimum absolute atomic E-state index is 0.634. The molecule has 0 aliphatic carbocycles. The number of ether oxygens (including phenoxy) is 1. The number of imide groups is 1. The standard InChI is InChI=1S/C15H19NO4/c1-14(2,3)20-13(19)16-12(18)11(17)15(16,4)10-8-6-5-7-9-10/h5-9,11,17H,1-4H3/t11-,15-/m0/s1. The lowest BCUT2D eigenvalue weighted by Crippen LogP contribution is -2.72. The number of β-lactam (4-membered cyclic amide) rings is 1. The fraction of sp³-hybridized carbons (Fsp3) is 0.467. The van der Waals surface area contributed by atoms with Gasteiger partial charge in [-0.3, -0.25) is 4.79 Å². The van der Waals surface area contributed by atoms with Crippen molar-refractivity contribution < 1.29 is 19.4 Å². The number of nitrogens with zero attached hydrogens (tertiary/aromatic N) is 1. The van der Waals surface area contributed by atoms with Crippen molar-refractivity contribution in [2.75, 3.05) is 0 Å². The van der Waals surface area contributed by atoms with Gasteiger partial charge in [-0.1, -0.05) is 30.3 Å². The third-order valence-corrected chi connectivity index (χ3v) is 3.39. The Balaban J connectivity index is 2.33. The lowest BCUT2D eigenvalue weighted by molar-refractivity contribution is -0.180. The Bertz CT molecular complexity index is 535. The largest absolute Gasteiger partial charge is 0.443 e. The third-order valence-electron chi connectivity index (χ3n) is 3.39. The number of aliphatic hydroxyl groups is 1. The number of amides is 2. The molecule has 0 unspecified atom stereocenters. The van der Waals surface area contributed by atoms with Gasteiger partial charge in [-0.05, 0) is 33.3 Å². The van der Waals surface area contributed by atoms with Gasteiger partial charge in [0.15, 0.2) is 6.10 Å². The Kier molecular flexibility index (Phi) is 3.34. The van der Waals surface area contributed by atoms with Gasteiger partial charge < -0.3 is 9.84 Å². The van der Waals surface area contributed by atoms with Crippen LogP contribution in [0.2, 0.25) is 0 Å². The molecule has 2 atom stereocenters. The normalized spacial score (nSPS) is 26.1. The maximum atomic E-state index is 12.2. The zero-order valence-electron chi connectivity index (χ0n) is 12.1. The zero-order chi connectivity index (χ0) is 15.1. The van der Waals surface area contributed by atoms with Gasteiger partial charge in [0.1, 0.15) is 11.1 Å². The van der Waals surface area contributed by atoms with Gasteiger partial charge in [-0.15, -0.1) is 0 Å². The smallest absolute Gasteiger partial charge is 0.418 e. The first kappa shape index (κ1) is 14.5. The molecule has 1 heterocycles. The van der Waals surface area contributed by atoms with Crippen LogP contribution in [0.1, 0.15) is 33.3 Å². The Morgan fingerprint density at radius 2 is 1.85 bits per heavy atom. The first-order valence-corrected chi connectivity index (χ1v) is 6.48. The molecule has 0 saturated carbocycles. The van der Waals surface area contributed by atoms with Crippen molar-refractivity contribution >= 4 is 12.0 Å². The van der Waals surface area contributed by atoms with Crippen molar-refractivity contribution in [3.05, 3.63) is 35.9 Å². The second kappa shape index (κ2) is 4.59. The number of carbonyl (C=O) groups excluding carboxylic acids is 2. The topological polar surface area (TPSA) is 66.8 Å². The highest BCUT2D eigenvalue weighted by molar-refractivity contribution is 6.02. The summed E-state index contributed by atoms with van der Waals surface area (Å²) in [5.41, 5.74) is -1.09. The Morgan fingerprint density at radius 1 is 1.30 bits per heavy atom. The predicted molar refractivity (Wildman–Crippen MR) is 72.9 cm³/mol. The molecular weight excluding hydrogens is 258 g/mol. The molecule has 108 valence electrons. The van der Waals surface area contributed by atoms with E-state index in [-0.39, 0.29) is 0 Å². The molecule has 1 aromatic carbocycles. The van der Waals surface area contributed by atoms with Crippen LogP contribution in [0.5, 0.6) is 0 Å². The first-order chi connectivity index (χ1) is 9.18. The van der Waals surface area contributed by atoms with Crippen molar-refractivity contribution in [2.24, 2.45) is 0 Å². The number of hydrogen-bond donors (Lipinski definition) is 1. The van der Waals surface area contributed by atoms with E-state index in [1.165, 1.54) is 0 Å². The average Bonchev–Trinajstić information content (AvgIpc) is 2.37. The fourth-order valence-corrected chi connectivity index (χ4v) is 2.30. The second-order valence-corrected chi connectivity index (χ2v) is 6.07. The lowest BCUT2D eigenvalue weighted by Gasteiger charge is -2.51. The summed E-state index contributed by atoms with van der Waals surface area (Å²) < 4.78 is 5.23. The molecule has 5 heteroatoms. The van der Waals surface area contributed by atoms with Crippen molar-refractivity contribution in [3.8, 4) is 0 Å². The minimum Gasteiger partial charge on any atom is -0.443 e. The van der Waals surface area contributed by atoms with E-state index in [2.05, 4.69) is 0 Å². The van der Waals surface area contributed by atoms with Crippen molar-refractivity contribution in [1.29, 1.82) is 0 Å². The molecule has 2 amide bonds. The fourth-order valence-electron chi connectivity index (χ4n) is 2.30. The predicted octanol–water partition coefficient (Wildman–Crippen LogP) is 2.04. The van der Waals surface area contributed by atoms with Crippen LogP contribution in [0.4, 0.5) is 4.79 Å². The summed E-state index contributed by atoms with van der Waals surface area (Å²) in [5, 5.41) is 10.0. The van der Waals surface area contributed by atoms with Crippen LogP contribution in [-0.4, -0.2) is 33.7 Å². The van der Waals surface area contributed by atoms with Gasteiger partial charge in [-0.2, -0.15) is 0 Å². The zero-order valence-corrected chi connectivity index (χ0v) is 12.1. The molecule has 2 rings (SSSR count). The van der Waals surface area contributed by atoms with Gasteiger partial charge in [0, 0.05) is 0 Å². The molecule has 1 N–H and O–H groups in total. The highest BCUT2D eigenvalue weighted by Crippen LogP contribution is 2.42. The summed E-state index contributed by atoms with van der Waals surface area (Å²) in [5.74, 6) is -0.634. The van der Waals surface area contributed by atoms with Gasteiger partial charge >= 0.3 is 6.09 Å². The van der Waals surface area contributed by atoms with Gasteiger partial charge in [0.2, 0.25) is 0 Å². The lowest BCUT2D eigenvalue weighted by atomic mass is 9.77. The Morgan fingerprint density at radius 3 is 2.35 bits per heavy atom. The molecule has 0 spiro atoms. The van der Waals surface area contributed by atoms with Crippen molar-refractivity contribution in [1.82, 2.24) is 4.90 Å². The van der Waals surface area contributed by atoms with Gasteiger partial charge in [0.25, 0.3) is 5.91 Å². The first-order valence-electron chi connectivity index (χ1n) is 6.48. The van der Waals surface area contributed by atoms with E-state index < -0.39 is 29.2 Å². The molecule has 0 bridgehead atoms. The molecule has 1 aliphatic rings. The molecule has 0 radical (unpaired) electrons. The number of aliphatic hydroxyl groups excluding tert-OH is 1. The molecule has 1 fully saturated rings. The summed E-state index contributed by atoms with van der Waals surface area (Å²) in [4.78, 5) is 25.0. The van der Waals surface area contributed by atoms with Gasteiger partial charge in [0.05, 0.1) is 0 Å². The van der Waals surface area contributed by atoms with Crippen LogP contribution in [0.25, 0.3) is 0 Å². The molecule has 0 aromatic heterocycles. The van der Waals surface area contributed by atoms with Crippen molar-refractivity contribution in [3.63, 3.8) is 0 Å². The highest BCUT2D eigenvalue weighted by Gasteiger charge is 2.61. The summed E-state index contributed by atoms with van der Waals surface area (Å²) in [7, 11) is 0. The Labute approximate surface area is 118 Å². The highest BCUT2D eigenvalue weighted by atomic mass is 16.6. The number of rotatable bonds is 1. The third kappa shape index (κ3) is 2.18. The SMILES string of the molecule is CC(C)(C)OC(=O)N1C(=O)[C@H](O)[C@]1(C)c1ccccc1. The van der Waals surface area contributed by atoms with E-state index >= 15 is 0 Å². The summed E-state index contributed by atoms with van der Waals surface area (Å²) in [6, 6.07) is 8.96. The number of likely N-dealkylation sites (tertiary alicyclic amines) is 1. The van der Waals surface area contributed by atoms with E-state index in [1.54, 1.807) is 52.0 Å². The minimum atomic E-state index is -1.24.